The Morgan fingerprint density at radius 2 is 1.96 bits per heavy atom. The zero-order chi connectivity index (χ0) is 19.3. The molecular weight excluding hydrogens is 382 g/mol. The molecule has 27 heavy (non-hydrogen) atoms. The molecule has 2 N–H and O–H groups in total. The SMILES string of the molecule is Cc1nc(CCNC(=O)CCNS(=O)(=O)c2ccc3c(c2)CCCC3)cs1. The molecule has 1 aliphatic carbocycles. The number of nitrogens with zero attached hydrogens (tertiary/aromatic N) is 1. The van der Waals surface area contributed by atoms with Crippen LogP contribution in [0.15, 0.2) is 28.5 Å². The summed E-state index contributed by atoms with van der Waals surface area (Å²) in [7, 11) is -3.59. The lowest BCUT2D eigenvalue weighted by atomic mass is 9.92. The van der Waals surface area contributed by atoms with Gasteiger partial charge in [-0.25, -0.2) is 18.1 Å². The third-order valence-corrected chi connectivity index (χ3v) is 6.93. The first-order valence-corrected chi connectivity index (χ1v) is 11.6. The Morgan fingerprint density at radius 1 is 1.19 bits per heavy atom. The minimum Gasteiger partial charge on any atom is -0.356 e. The maximum atomic E-state index is 12.5. The molecule has 0 saturated carbocycles. The maximum absolute atomic E-state index is 12.5. The van der Waals surface area contributed by atoms with Gasteiger partial charge in [0.25, 0.3) is 0 Å². The second-order valence-electron chi connectivity index (χ2n) is 6.74. The standard InChI is InChI=1S/C19H25N3O3S2/c1-14-22-17(13-26-14)8-10-20-19(23)9-11-21-27(24,25)18-7-6-15-4-2-3-5-16(15)12-18/h6-7,12-13,21H,2-5,8-11H2,1H3,(H,20,23). The highest BCUT2D eigenvalue weighted by molar-refractivity contribution is 7.89. The molecular formula is C19H25N3O3S2. The molecule has 0 fully saturated rings. The molecule has 2 aromatic rings. The van der Waals surface area contributed by atoms with Crippen LogP contribution in [0.4, 0.5) is 0 Å². The summed E-state index contributed by atoms with van der Waals surface area (Å²) in [6.07, 6.45) is 5.00. The molecule has 146 valence electrons. The van der Waals surface area contributed by atoms with Crippen LogP contribution in [0.25, 0.3) is 0 Å². The van der Waals surface area contributed by atoms with Gasteiger partial charge in [-0.15, -0.1) is 11.3 Å². The fourth-order valence-electron chi connectivity index (χ4n) is 3.20. The molecule has 1 heterocycles. The second kappa shape index (κ2) is 8.95. The Morgan fingerprint density at radius 3 is 2.70 bits per heavy atom. The summed E-state index contributed by atoms with van der Waals surface area (Å²) in [6, 6.07) is 5.34. The molecule has 8 heteroatoms. The molecule has 1 aliphatic rings. The van der Waals surface area contributed by atoms with Crippen LogP contribution in [-0.4, -0.2) is 32.4 Å². The number of rotatable bonds is 8. The Hall–Kier alpha value is -1.77. The van der Waals surface area contributed by atoms with E-state index in [-0.39, 0.29) is 23.8 Å². The van der Waals surface area contributed by atoms with Crippen molar-refractivity contribution < 1.29 is 13.2 Å². The number of hydrogen-bond acceptors (Lipinski definition) is 5. The minimum absolute atomic E-state index is 0.0844. The number of fused-ring (bicyclic) bond motifs is 1. The average molecular weight is 408 g/mol. The molecule has 0 bridgehead atoms. The molecule has 3 rings (SSSR count). The lowest BCUT2D eigenvalue weighted by Crippen LogP contribution is -2.31. The summed E-state index contributed by atoms with van der Waals surface area (Å²) < 4.78 is 27.4. The fourth-order valence-corrected chi connectivity index (χ4v) is 4.93. The highest BCUT2D eigenvalue weighted by Gasteiger charge is 2.17. The molecule has 0 radical (unpaired) electrons. The minimum atomic E-state index is -3.59. The van der Waals surface area contributed by atoms with Gasteiger partial charge in [-0.1, -0.05) is 6.07 Å². The lowest BCUT2D eigenvalue weighted by molar-refractivity contribution is -0.120. The van der Waals surface area contributed by atoms with Gasteiger partial charge in [0, 0.05) is 31.3 Å². The number of nitrogens with one attached hydrogen (secondary N) is 2. The molecule has 0 saturated heterocycles. The van der Waals surface area contributed by atoms with Crippen molar-refractivity contribution in [2.75, 3.05) is 13.1 Å². The number of carbonyl (C=O) groups is 1. The van der Waals surface area contributed by atoms with Gasteiger partial charge in [0.05, 0.1) is 15.6 Å². The normalized spacial score (nSPS) is 14.0. The topological polar surface area (TPSA) is 88.2 Å². The monoisotopic (exact) mass is 407 g/mol. The average Bonchev–Trinajstić information content (AvgIpc) is 3.06. The summed E-state index contributed by atoms with van der Waals surface area (Å²) in [5.41, 5.74) is 3.33. The van der Waals surface area contributed by atoms with Gasteiger partial charge in [0.2, 0.25) is 15.9 Å². The smallest absolute Gasteiger partial charge is 0.240 e. The quantitative estimate of drug-likeness (QED) is 0.703. The number of sulfonamides is 1. The maximum Gasteiger partial charge on any atom is 0.240 e. The Labute approximate surface area is 164 Å². The van der Waals surface area contributed by atoms with Gasteiger partial charge in [-0.05, 0) is 55.9 Å². The number of thiazole rings is 1. The number of aryl methyl sites for hydroxylation is 3. The first-order chi connectivity index (χ1) is 12.9. The van der Waals surface area contributed by atoms with Crippen molar-refractivity contribution in [2.45, 2.75) is 50.3 Å². The van der Waals surface area contributed by atoms with Gasteiger partial charge in [-0.3, -0.25) is 4.79 Å². The highest BCUT2D eigenvalue weighted by atomic mass is 32.2. The third-order valence-electron chi connectivity index (χ3n) is 4.64. The molecule has 0 aliphatic heterocycles. The van der Waals surface area contributed by atoms with Crippen molar-refractivity contribution in [1.29, 1.82) is 0 Å². The van der Waals surface area contributed by atoms with Crippen LogP contribution in [0.5, 0.6) is 0 Å². The second-order valence-corrected chi connectivity index (χ2v) is 9.57. The van der Waals surface area contributed by atoms with E-state index in [1.54, 1.807) is 23.5 Å². The number of hydrogen-bond donors (Lipinski definition) is 2. The van der Waals surface area contributed by atoms with Gasteiger partial charge in [0.15, 0.2) is 0 Å². The van der Waals surface area contributed by atoms with Crippen molar-refractivity contribution in [2.24, 2.45) is 0 Å². The first kappa shape index (κ1) is 20.0. The van der Waals surface area contributed by atoms with Gasteiger partial charge in [0.1, 0.15) is 0 Å². The van der Waals surface area contributed by atoms with E-state index in [2.05, 4.69) is 15.0 Å². The highest BCUT2D eigenvalue weighted by Crippen LogP contribution is 2.24. The van der Waals surface area contributed by atoms with Crippen molar-refractivity contribution in [3.05, 3.63) is 45.4 Å². The third kappa shape index (κ3) is 5.60. The number of aromatic nitrogens is 1. The van der Waals surface area contributed by atoms with Crippen LogP contribution < -0.4 is 10.0 Å². The summed E-state index contributed by atoms with van der Waals surface area (Å²) >= 11 is 1.59. The largest absolute Gasteiger partial charge is 0.356 e. The summed E-state index contributed by atoms with van der Waals surface area (Å²) in [4.78, 5) is 16.5. The Balaban J connectivity index is 1.44. The number of amides is 1. The fraction of sp³-hybridized carbons (Fsp3) is 0.474. The Bertz CT molecular complexity index is 907. The first-order valence-electron chi connectivity index (χ1n) is 9.23. The zero-order valence-electron chi connectivity index (χ0n) is 15.5. The van der Waals surface area contributed by atoms with Gasteiger partial charge in [-0.2, -0.15) is 0 Å². The van der Waals surface area contributed by atoms with Gasteiger partial charge >= 0.3 is 0 Å². The van der Waals surface area contributed by atoms with Crippen molar-refractivity contribution in [3.8, 4) is 0 Å². The van der Waals surface area contributed by atoms with E-state index in [4.69, 9.17) is 0 Å². The van der Waals surface area contributed by atoms with Crippen molar-refractivity contribution in [3.63, 3.8) is 0 Å². The number of benzene rings is 1. The van der Waals surface area contributed by atoms with E-state index in [0.29, 0.717) is 13.0 Å². The van der Waals surface area contributed by atoms with E-state index in [1.165, 1.54) is 5.56 Å². The predicted molar refractivity (Wildman–Crippen MR) is 106 cm³/mol. The van der Waals surface area contributed by atoms with Crippen LogP contribution in [0.3, 0.4) is 0 Å². The van der Waals surface area contributed by atoms with E-state index in [9.17, 15) is 13.2 Å². The molecule has 1 amide bonds. The molecule has 1 aromatic heterocycles. The molecule has 0 unspecified atom stereocenters. The van der Waals surface area contributed by atoms with Crippen molar-refractivity contribution >= 4 is 27.3 Å². The van der Waals surface area contributed by atoms with Crippen molar-refractivity contribution in [1.82, 2.24) is 15.0 Å². The van der Waals surface area contributed by atoms with Crippen LogP contribution in [0, 0.1) is 6.92 Å². The van der Waals surface area contributed by atoms with Crippen LogP contribution >= 0.6 is 11.3 Å². The van der Waals surface area contributed by atoms with E-state index < -0.39 is 10.0 Å². The van der Waals surface area contributed by atoms with Crippen LogP contribution in [-0.2, 0) is 34.1 Å². The summed E-state index contributed by atoms with van der Waals surface area (Å²) in [6.45, 7) is 2.53. The summed E-state index contributed by atoms with van der Waals surface area (Å²) in [5, 5.41) is 5.79. The Kier molecular flexibility index (Phi) is 6.62. The van der Waals surface area contributed by atoms with Crippen LogP contribution in [0.2, 0.25) is 0 Å². The number of carbonyl (C=O) groups excluding carboxylic acids is 1. The lowest BCUT2D eigenvalue weighted by Gasteiger charge is -2.16. The van der Waals surface area contributed by atoms with E-state index in [1.807, 2.05) is 18.4 Å². The summed E-state index contributed by atoms with van der Waals surface area (Å²) in [5.74, 6) is -0.171. The molecule has 6 nitrogen and oxygen atoms in total. The van der Waals surface area contributed by atoms with Gasteiger partial charge < -0.3 is 5.32 Å². The van der Waals surface area contributed by atoms with E-state index in [0.717, 1.165) is 41.9 Å². The van der Waals surface area contributed by atoms with E-state index >= 15 is 0 Å². The molecule has 1 aromatic carbocycles. The predicted octanol–water partition coefficient (Wildman–Crippen LogP) is 2.36. The molecule has 0 spiro atoms. The van der Waals surface area contributed by atoms with Crippen LogP contribution in [0.1, 0.15) is 41.1 Å². The zero-order valence-corrected chi connectivity index (χ0v) is 17.1. The molecule has 0 atom stereocenters.